The van der Waals surface area contributed by atoms with E-state index >= 15 is 0 Å². The lowest BCUT2D eigenvalue weighted by molar-refractivity contribution is -0.195. The van der Waals surface area contributed by atoms with E-state index in [-0.39, 0.29) is 37.2 Å². The summed E-state index contributed by atoms with van der Waals surface area (Å²) in [6, 6.07) is 7.97. The highest BCUT2D eigenvalue weighted by molar-refractivity contribution is 5.79. The molecule has 2 aromatic carbocycles. The van der Waals surface area contributed by atoms with Gasteiger partial charge in [-0.2, -0.15) is 26.3 Å². The second-order valence-corrected chi connectivity index (χ2v) is 9.58. The molecule has 1 heterocycles. The molecular formula is C26H29F6NO2. The van der Waals surface area contributed by atoms with Gasteiger partial charge < -0.3 is 5.11 Å². The van der Waals surface area contributed by atoms with Gasteiger partial charge in [-0.15, -0.1) is 0 Å². The summed E-state index contributed by atoms with van der Waals surface area (Å²) >= 11 is 0. The number of piperidine rings is 1. The van der Waals surface area contributed by atoms with Gasteiger partial charge in [0, 0.05) is 6.04 Å². The van der Waals surface area contributed by atoms with Gasteiger partial charge >= 0.3 is 18.3 Å². The molecule has 1 aliphatic heterocycles. The molecule has 1 fully saturated rings. The van der Waals surface area contributed by atoms with Crippen LogP contribution in [0.15, 0.2) is 42.5 Å². The minimum Gasteiger partial charge on any atom is -0.481 e. The Morgan fingerprint density at radius 1 is 1.03 bits per heavy atom. The molecule has 0 amide bonds. The fourth-order valence-electron chi connectivity index (χ4n) is 5.08. The number of hydrogen-bond donors (Lipinski definition) is 1. The maximum Gasteiger partial charge on any atom is 0.417 e. The average molecular weight is 502 g/mol. The summed E-state index contributed by atoms with van der Waals surface area (Å²) in [5.41, 5.74) is -0.938. The molecule has 1 aliphatic rings. The zero-order valence-electron chi connectivity index (χ0n) is 19.7. The number of carbonyl (C=O) groups is 1. The zero-order chi connectivity index (χ0) is 26.1. The van der Waals surface area contributed by atoms with E-state index in [9.17, 15) is 36.2 Å². The normalized spacial score (nSPS) is 20.7. The molecule has 0 saturated carbocycles. The molecule has 0 aliphatic carbocycles. The first-order valence-electron chi connectivity index (χ1n) is 11.5. The number of likely N-dealkylation sites (tertiary alicyclic amines) is 1. The van der Waals surface area contributed by atoms with Crippen LogP contribution in [0.5, 0.6) is 0 Å². The summed E-state index contributed by atoms with van der Waals surface area (Å²) in [5.74, 6) is -3.07. The number of aliphatic carboxylic acids is 1. The fourth-order valence-corrected chi connectivity index (χ4v) is 5.08. The van der Waals surface area contributed by atoms with Crippen LogP contribution in [0, 0.1) is 5.92 Å². The lowest BCUT2D eigenvalue weighted by Crippen LogP contribution is -2.48. The summed E-state index contributed by atoms with van der Waals surface area (Å²) in [6.45, 7) is 3.43. The number of alkyl halides is 6. The molecule has 1 N–H and O–H groups in total. The molecule has 0 bridgehead atoms. The van der Waals surface area contributed by atoms with Crippen LogP contribution in [0.25, 0.3) is 11.1 Å². The van der Waals surface area contributed by atoms with Crippen molar-refractivity contribution in [3.63, 3.8) is 0 Å². The Kier molecular flexibility index (Phi) is 7.89. The number of halogens is 6. The Morgan fingerprint density at radius 3 is 2.17 bits per heavy atom. The van der Waals surface area contributed by atoms with Crippen molar-refractivity contribution in [3.05, 3.63) is 59.2 Å². The van der Waals surface area contributed by atoms with E-state index in [1.807, 2.05) is 0 Å². The largest absolute Gasteiger partial charge is 0.481 e. The molecular weight excluding hydrogens is 472 g/mol. The SMILES string of the molecule is CC(C)CC(C(=O)O)c1cc(-c2ccccc2)cc(C2CCCC(C(F)(F)F)N2C)c1C(F)(F)F. The number of hydrogen-bond acceptors (Lipinski definition) is 2. The quantitative estimate of drug-likeness (QED) is 0.413. The van der Waals surface area contributed by atoms with E-state index in [2.05, 4.69) is 0 Å². The van der Waals surface area contributed by atoms with Crippen LogP contribution in [0.4, 0.5) is 26.3 Å². The molecule has 2 aromatic rings. The van der Waals surface area contributed by atoms with Crippen molar-refractivity contribution in [1.29, 1.82) is 0 Å². The van der Waals surface area contributed by atoms with Crippen LogP contribution in [0.3, 0.4) is 0 Å². The maximum atomic E-state index is 14.6. The smallest absolute Gasteiger partial charge is 0.417 e. The van der Waals surface area contributed by atoms with Crippen molar-refractivity contribution in [2.24, 2.45) is 5.92 Å². The first-order chi connectivity index (χ1) is 16.2. The number of carboxylic acid groups (broad SMARTS) is 1. The molecule has 9 heteroatoms. The maximum absolute atomic E-state index is 14.6. The molecule has 192 valence electrons. The molecule has 0 spiro atoms. The zero-order valence-corrected chi connectivity index (χ0v) is 19.7. The standard InChI is InChI=1S/C26H29F6NO2/c1-15(2)12-19(24(34)35)18-13-17(16-8-5-4-6-9-16)14-20(23(18)26(30,31)32)21-10-7-11-22(33(21)3)25(27,28)29/h4-6,8-9,13-15,19,21-22H,7,10-12H2,1-3H3,(H,34,35). The molecule has 0 aromatic heterocycles. The van der Waals surface area contributed by atoms with Crippen molar-refractivity contribution in [1.82, 2.24) is 4.90 Å². The highest BCUT2D eigenvalue weighted by Crippen LogP contribution is 2.48. The lowest BCUT2D eigenvalue weighted by Gasteiger charge is -2.42. The van der Waals surface area contributed by atoms with E-state index in [4.69, 9.17) is 0 Å². The van der Waals surface area contributed by atoms with Crippen molar-refractivity contribution in [2.45, 2.75) is 69.9 Å². The van der Waals surface area contributed by atoms with Crippen LogP contribution >= 0.6 is 0 Å². The monoisotopic (exact) mass is 501 g/mol. The van der Waals surface area contributed by atoms with Gasteiger partial charge in [-0.3, -0.25) is 9.69 Å². The predicted octanol–water partition coefficient (Wildman–Crippen LogP) is 7.67. The van der Waals surface area contributed by atoms with Crippen molar-refractivity contribution in [2.75, 3.05) is 7.05 Å². The number of carboxylic acids is 1. The van der Waals surface area contributed by atoms with Crippen LogP contribution in [0.1, 0.15) is 68.2 Å². The molecule has 3 rings (SSSR count). The average Bonchev–Trinajstić information content (AvgIpc) is 2.75. The van der Waals surface area contributed by atoms with Gasteiger partial charge in [0.25, 0.3) is 0 Å². The fraction of sp³-hybridized carbons (Fsp3) is 0.500. The highest BCUT2D eigenvalue weighted by Gasteiger charge is 2.48. The summed E-state index contributed by atoms with van der Waals surface area (Å²) in [7, 11) is 1.19. The third kappa shape index (κ3) is 6.00. The Labute approximate surface area is 200 Å². The van der Waals surface area contributed by atoms with Gasteiger partial charge in [-0.1, -0.05) is 44.2 Å². The first-order valence-corrected chi connectivity index (χ1v) is 11.5. The summed E-state index contributed by atoms with van der Waals surface area (Å²) in [4.78, 5) is 13.1. The lowest BCUT2D eigenvalue weighted by atomic mass is 9.80. The Balaban J connectivity index is 2.33. The number of nitrogens with zero attached hydrogens (tertiary/aromatic N) is 1. The molecule has 1 saturated heterocycles. The molecule has 35 heavy (non-hydrogen) atoms. The summed E-state index contributed by atoms with van der Waals surface area (Å²) < 4.78 is 84.8. The van der Waals surface area contributed by atoms with Crippen LogP contribution in [0.2, 0.25) is 0 Å². The second-order valence-electron chi connectivity index (χ2n) is 9.58. The third-order valence-corrected chi connectivity index (χ3v) is 6.65. The Hall–Kier alpha value is -2.55. The second kappa shape index (κ2) is 10.2. The van der Waals surface area contributed by atoms with Gasteiger partial charge in [0.15, 0.2) is 0 Å². The van der Waals surface area contributed by atoms with E-state index < -0.39 is 47.5 Å². The summed E-state index contributed by atoms with van der Waals surface area (Å²) in [5, 5.41) is 9.90. The Bertz CT molecular complexity index is 1030. The van der Waals surface area contributed by atoms with Crippen molar-refractivity contribution >= 4 is 5.97 Å². The predicted molar refractivity (Wildman–Crippen MR) is 121 cm³/mol. The van der Waals surface area contributed by atoms with Crippen LogP contribution in [-0.2, 0) is 11.0 Å². The molecule has 0 radical (unpaired) electrons. The minimum absolute atomic E-state index is 0.0399. The van der Waals surface area contributed by atoms with Gasteiger partial charge in [0.2, 0.25) is 0 Å². The highest BCUT2D eigenvalue weighted by atomic mass is 19.4. The van der Waals surface area contributed by atoms with E-state index in [1.54, 1.807) is 44.2 Å². The van der Waals surface area contributed by atoms with Gasteiger partial charge in [-0.05, 0) is 73.0 Å². The number of rotatable bonds is 6. The van der Waals surface area contributed by atoms with E-state index in [1.165, 1.54) is 19.2 Å². The third-order valence-electron chi connectivity index (χ3n) is 6.65. The summed E-state index contributed by atoms with van der Waals surface area (Å²) in [6.07, 6.45) is -9.57. The molecule has 3 atom stereocenters. The first kappa shape index (κ1) is 27.0. The van der Waals surface area contributed by atoms with Crippen molar-refractivity contribution in [3.8, 4) is 11.1 Å². The van der Waals surface area contributed by atoms with Gasteiger partial charge in [0.05, 0.1) is 11.5 Å². The van der Waals surface area contributed by atoms with Crippen LogP contribution in [-0.4, -0.2) is 35.2 Å². The van der Waals surface area contributed by atoms with Gasteiger partial charge in [-0.25, -0.2) is 0 Å². The minimum atomic E-state index is -4.95. The van der Waals surface area contributed by atoms with Crippen LogP contribution < -0.4 is 0 Å². The van der Waals surface area contributed by atoms with E-state index in [0.29, 0.717) is 11.1 Å². The van der Waals surface area contributed by atoms with E-state index in [0.717, 1.165) is 4.90 Å². The topological polar surface area (TPSA) is 40.5 Å². The van der Waals surface area contributed by atoms with Gasteiger partial charge in [0.1, 0.15) is 6.04 Å². The molecule has 3 unspecified atom stereocenters. The Morgan fingerprint density at radius 2 is 1.66 bits per heavy atom. The number of benzene rings is 2. The molecule has 3 nitrogen and oxygen atoms in total. The van der Waals surface area contributed by atoms with Crippen molar-refractivity contribution < 1.29 is 36.2 Å².